The van der Waals surface area contributed by atoms with Crippen LogP contribution in [0, 0.1) is 6.92 Å². The lowest BCUT2D eigenvalue weighted by Crippen LogP contribution is -1.97. The van der Waals surface area contributed by atoms with Crippen molar-refractivity contribution < 1.29 is 14.6 Å². The zero-order chi connectivity index (χ0) is 15.4. The molecule has 6 heteroatoms. The number of aliphatic carboxylic acids is 1. The SMILES string of the molecule is Cc1nn(C)c(Cl)c1COc1cccc(/C=C/C(=O)O)c1. The van der Waals surface area contributed by atoms with Crippen molar-refractivity contribution in [1.82, 2.24) is 9.78 Å². The zero-order valence-corrected chi connectivity index (χ0v) is 12.5. The molecule has 1 heterocycles. The summed E-state index contributed by atoms with van der Waals surface area (Å²) in [5.41, 5.74) is 2.42. The van der Waals surface area contributed by atoms with Gasteiger partial charge in [-0.15, -0.1) is 0 Å². The summed E-state index contributed by atoms with van der Waals surface area (Å²) in [7, 11) is 1.77. The molecule has 110 valence electrons. The lowest BCUT2D eigenvalue weighted by molar-refractivity contribution is -0.131. The molecule has 0 aliphatic heterocycles. The molecule has 1 aromatic heterocycles. The smallest absolute Gasteiger partial charge is 0.328 e. The monoisotopic (exact) mass is 306 g/mol. The number of carboxylic acid groups (broad SMARTS) is 1. The Balaban J connectivity index is 2.10. The molecule has 0 amide bonds. The summed E-state index contributed by atoms with van der Waals surface area (Å²) in [4.78, 5) is 10.5. The van der Waals surface area contributed by atoms with Crippen molar-refractivity contribution in [3.05, 3.63) is 52.3 Å². The molecule has 5 nitrogen and oxygen atoms in total. The van der Waals surface area contributed by atoms with Gasteiger partial charge >= 0.3 is 5.97 Å². The van der Waals surface area contributed by atoms with E-state index in [1.54, 1.807) is 36.0 Å². The highest BCUT2D eigenvalue weighted by molar-refractivity contribution is 6.30. The number of hydrogen-bond donors (Lipinski definition) is 1. The summed E-state index contributed by atoms with van der Waals surface area (Å²) < 4.78 is 7.29. The standard InChI is InChI=1S/C15H15ClN2O3/c1-10-13(15(16)18(2)17-10)9-21-12-5-3-4-11(8-12)6-7-14(19)20/h3-8H,9H2,1-2H3,(H,19,20)/b7-6+. The lowest BCUT2D eigenvalue weighted by Gasteiger charge is -2.06. The quantitative estimate of drug-likeness (QED) is 0.862. The molecular formula is C15H15ClN2O3. The summed E-state index contributed by atoms with van der Waals surface area (Å²) >= 11 is 6.14. The summed E-state index contributed by atoms with van der Waals surface area (Å²) in [6.07, 6.45) is 2.60. The molecule has 0 bridgehead atoms. The van der Waals surface area contributed by atoms with Crippen LogP contribution in [0.5, 0.6) is 5.75 Å². The molecule has 21 heavy (non-hydrogen) atoms. The molecule has 0 radical (unpaired) electrons. The fourth-order valence-corrected chi connectivity index (χ4v) is 2.10. The molecule has 2 aromatic rings. The first kappa shape index (κ1) is 15.1. The van der Waals surface area contributed by atoms with Gasteiger partial charge in [-0.3, -0.25) is 4.68 Å². The van der Waals surface area contributed by atoms with Gasteiger partial charge in [-0.2, -0.15) is 5.10 Å². The highest BCUT2D eigenvalue weighted by Gasteiger charge is 2.11. The Morgan fingerprint density at radius 3 is 2.90 bits per heavy atom. The zero-order valence-electron chi connectivity index (χ0n) is 11.7. The van der Waals surface area contributed by atoms with Gasteiger partial charge in [0.05, 0.1) is 5.69 Å². The highest BCUT2D eigenvalue weighted by atomic mass is 35.5. The number of benzene rings is 1. The molecule has 0 saturated heterocycles. The molecule has 0 saturated carbocycles. The van der Waals surface area contributed by atoms with Crippen LogP contribution >= 0.6 is 11.6 Å². The van der Waals surface area contributed by atoms with Gasteiger partial charge in [-0.05, 0) is 30.7 Å². The average Bonchev–Trinajstić information content (AvgIpc) is 2.68. The van der Waals surface area contributed by atoms with E-state index in [0.29, 0.717) is 17.5 Å². The number of ether oxygens (including phenoxy) is 1. The van der Waals surface area contributed by atoms with Crippen LogP contribution in [0.15, 0.2) is 30.3 Å². The van der Waals surface area contributed by atoms with Gasteiger partial charge in [-0.1, -0.05) is 23.7 Å². The number of carboxylic acids is 1. The maximum absolute atomic E-state index is 10.5. The van der Waals surface area contributed by atoms with Gasteiger partial charge in [0.1, 0.15) is 17.5 Å². The molecule has 0 fully saturated rings. The van der Waals surface area contributed by atoms with Crippen LogP contribution in [-0.2, 0) is 18.4 Å². The topological polar surface area (TPSA) is 64.4 Å². The van der Waals surface area contributed by atoms with Gasteiger partial charge in [0.2, 0.25) is 0 Å². The summed E-state index contributed by atoms with van der Waals surface area (Å²) in [5, 5.41) is 13.4. The van der Waals surface area contributed by atoms with Crippen LogP contribution in [0.1, 0.15) is 16.8 Å². The second kappa shape index (κ2) is 6.45. The Morgan fingerprint density at radius 1 is 1.52 bits per heavy atom. The van der Waals surface area contributed by atoms with Crippen molar-refractivity contribution in [2.75, 3.05) is 0 Å². The number of rotatable bonds is 5. The van der Waals surface area contributed by atoms with E-state index >= 15 is 0 Å². The molecule has 0 atom stereocenters. The van der Waals surface area contributed by atoms with Gasteiger partial charge in [0.15, 0.2) is 0 Å². The number of aromatic nitrogens is 2. The Hall–Kier alpha value is -2.27. The molecule has 1 N–H and O–H groups in total. The minimum atomic E-state index is -0.987. The molecule has 0 aliphatic rings. The first-order valence-electron chi connectivity index (χ1n) is 6.29. The van der Waals surface area contributed by atoms with E-state index in [1.165, 1.54) is 6.08 Å². The minimum Gasteiger partial charge on any atom is -0.489 e. The number of hydrogen-bond acceptors (Lipinski definition) is 3. The summed E-state index contributed by atoms with van der Waals surface area (Å²) in [6, 6.07) is 7.17. The Kier molecular flexibility index (Phi) is 4.65. The van der Waals surface area contributed by atoms with Gasteiger partial charge < -0.3 is 9.84 Å². The number of halogens is 1. The molecule has 1 aromatic carbocycles. The van der Waals surface area contributed by atoms with E-state index < -0.39 is 5.97 Å². The molecule has 0 aliphatic carbocycles. The predicted octanol–water partition coefficient (Wildman–Crippen LogP) is 3.06. The minimum absolute atomic E-state index is 0.310. The fraction of sp³-hybridized carbons (Fsp3) is 0.200. The highest BCUT2D eigenvalue weighted by Crippen LogP contribution is 2.22. The molecular weight excluding hydrogens is 292 g/mol. The van der Waals surface area contributed by atoms with E-state index in [1.807, 2.05) is 6.92 Å². The summed E-state index contributed by atoms with van der Waals surface area (Å²) in [6.45, 7) is 2.18. The van der Waals surface area contributed by atoms with E-state index in [9.17, 15) is 4.79 Å². The van der Waals surface area contributed by atoms with Crippen molar-refractivity contribution in [1.29, 1.82) is 0 Å². The number of aryl methyl sites for hydroxylation is 2. The van der Waals surface area contributed by atoms with Gasteiger partial charge in [0.25, 0.3) is 0 Å². The van der Waals surface area contributed by atoms with Gasteiger partial charge in [0, 0.05) is 18.7 Å². The van der Waals surface area contributed by atoms with Crippen molar-refractivity contribution >= 4 is 23.6 Å². The van der Waals surface area contributed by atoms with E-state index in [0.717, 1.165) is 22.9 Å². The first-order valence-corrected chi connectivity index (χ1v) is 6.67. The third-order valence-corrected chi connectivity index (χ3v) is 3.40. The average molecular weight is 307 g/mol. The fourth-order valence-electron chi connectivity index (χ4n) is 1.87. The van der Waals surface area contributed by atoms with Crippen molar-refractivity contribution in [2.45, 2.75) is 13.5 Å². The maximum Gasteiger partial charge on any atom is 0.328 e. The lowest BCUT2D eigenvalue weighted by atomic mass is 10.2. The maximum atomic E-state index is 10.5. The normalized spacial score (nSPS) is 11.0. The van der Waals surface area contributed by atoms with Crippen molar-refractivity contribution in [2.24, 2.45) is 7.05 Å². The van der Waals surface area contributed by atoms with E-state index in [2.05, 4.69) is 5.10 Å². The van der Waals surface area contributed by atoms with Gasteiger partial charge in [-0.25, -0.2) is 4.79 Å². The van der Waals surface area contributed by atoms with Crippen LogP contribution in [0.25, 0.3) is 6.08 Å². The Bertz CT molecular complexity index is 692. The van der Waals surface area contributed by atoms with Crippen LogP contribution in [0.4, 0.5) is 0 Å². The first-order chi connectivity index (χ1) is 9.97. The Labute approximate surface area is 127 Å². The van der Waals surface area contributed by atoms with Crippen molar-refractivity contribution in [3.63, 3.8) is 0 Å². The molecule has 0 spiro atoms. The second-order valence-corrected chi connectivity index (χ2v) is 4.87. The third kappa shape index (κ3) is 3.86. The molecule has 0 unspecified atom stereocenters. The van der Waals surface area contributed by atoms with Crippen LogP contribution < -0.4 is 4.74 Å². The van der Waals surface area contributed by atoms with Crippen molar-refractivity contribution in [3.8, 4) is 5.75 Å². The van der Waals surface area contributed by atoms with Crippen LogP contribution in [0.3, 0.4) is 0 Å². The predicted molar refractivity (Wildman–Crippen MR) is 80.4 cm³/mol. The molecule has 2 rings (SSSR count). The largest absolute Gasteiger partial charge is 0.489 e. The number of carbonyl (C=O) groups is 1. The van der Waals surface area contributed by atoms with Crippen LogP contribution in [-0.4, -0.2) is 20.9 Å². The third-order valence-electron chi connectivity index (χ3n) is 2.93. The van der Waals surface area contributed by atoms with E-state index in [4.69, 9.17) is 21.4 Å². The van der Waals surface area contributed by atoms with E-state index in [-0.39, 0.29) is 0 Å². The Morgan fingerprint density at radius 2 is 2.29 bits per heavy atom. The summed E-state index contributed by atoms with van der Waals surface area (Å²) in [5.74, 6) is -0.346. The second-order valence-electron chi connectivity index (χ2n) is 4.51. The van der Waals surface area contributed by atoms with Crippen LogP contribution in [0.2, 0.25) is 5.15 Å². The number of nitrogens with zero attached hydrogens (tertiary/aromatic N) is 2.